The van der Waals surface area contributed by atoms with Crippen LogP contribution in [0.3, 0.4) is 0 Å². The van der Waals surface area contributed by atoms with E-state index in [1.165, 1.54) is 37.9 Å². The second-order valence-corrected chi connectivity index (χ2v) is 9.42. The summed E-state index contributed by atoms with van der Waals surface area (Å²) in [5.41, 5.74) is 14.0. The number of pyridine rings is 1. The van der Waals surface area contributed by atoms with E-state index in [0.29, 0.717) is 41.0 Å². The SMILES string of the molecule is NC(=CC(=NCC1CC1)C1C2CC(N3CCOCC3)CC21)c1cnc(N)c(OC(F)F)c1. The Morgan fingerprint density at radius 1 is 1.28 bits per heavy atom. The van der Waals surface area contributed by atoms with Gasteiger partial charge in [-0.15, -0.1) is 0 Å². The number of nitrogens with two attached hydrogens (primary N) is 2. The van der Waals surface area contributed by atoms with Crippen molar-refractivity contribution in [2.24, 2.45) is 34.4 Å². The largest absolute Gasteiger partial charge is 0.431 e. The summed E-state index contributed by atoms with van der Waals surface area (Å²) in [6.45, 7) is 1.57. The van der Waals surface area contributed by atoms with Crippen molar-refractivity contribution in [3.8, 4) is 5.75 Å². The number of hydrogen-bond acceptors (Lipinski definition) is 7. The number of aromatic nitrogens is 1. The van der Waals surface area contributed by atoms with Crippen molar-refractivity contribution in [2.75, 3.05) is 38.6 Å². The summed E-state index contributed by atoms with van der Waals surface area (Å²) in [5.74, 6) is 2.16. The molecule has 5 rings (SSSR count). The van der Waals surface area contributed by atoms with Gasteiger partial charge in [-0.1, -0.05) is 0 Å². The molecule has 3 aliphatic carbocycles. The predicted molar refractivity (Wildman–Crippen MR) is 118 cm³/mol. The highest BCUT2D eigenvalue weighted by atomic mass is 19.3. The summed E-state index contributed by atoms with van der Waals surface area (Å²) >= 11 is 0. The summed E-state index contributed by atoms with van der Waals surface area (Å²) in [7, 11) is 0. The molecule has 9 heteroatoms. The van der Waals surface area contributed by atoms with Crippen LogP contribution < -0.4 is 16.2 Å². The first-order chi connectivity index (χ1) is 15.5. The number of alkyl halides is 2. The lowest BCUT2D eigenvalue weighted by atomic mass is 10.0. The fraction of sp³-hybridized carbons (Fsp3) is 0.652. The average Bonchev–Trinajstić information content (AvgIpc) is 3.69. The maximum atomic E-state index is 12.7. The van der Waals surface area contributed by atoms with E-state index in [0.717, 1.165) is 38.6 Å². The van der Waals surface area contributed by atoms with Crippen LogP contribution in [0.25, 0.3) is 5.70 Å². The second-order valence-electron chi connectivity index (χ2n) is 9.42. The van der Waals surface area contributed by atoms with Gasteiger partial charge >= 0.3 is 6.61 Å². The van der Waals surface area contributed by atoms with Gasteiger partial charge in [0.1, 0.15) is 0 Å². The number of aliphatic imine (C=N–C) groups is 1. The number of hydrogen-bond donors (Lipinski definition) is 2. The zero-order chi connectivity index (χ0) is 22.2. The number of ether oxygens (including phenoxy) is 2. The summed E-state index contributed by atoms with van der Waals surface area (Å²) < 4.78 is 35.3. The van der Waals surface area contributed by atoms with E-state index >= 15 is 0 Å². The van der Waals surface area contributed by atoms with Gasteiger partial charge in [-0.25, -0.2) is 4.98 Å². The molecule has 4 N–H and O–H groups in total. The number of rotatable bonds is 8. The van der Waals surface area contributed by atoms with Crippen LogP contribution in [0.1, 0.15) is 31.2 Å². The molecule has 7 nitrogen and oxygen atoms in total. The topological polar surface area (TPSA) is 99.0 Å². The molecule has 1 aliphatic heterocycles. The van der Waals surface area contributed by atoms with Gasteiger partial charge in [0.05, 0.1) is 13.2 Å². The minimum absolute atomic E-state index is 0.0876. The molecule has 3 saturated carbocycles. The van der Waals surface area contributed by atoms with E-state index in [2.05, 4.69) is 14.6 Å². The number of halogens is 2. The standard InChI is InChI=1S/C23H31F2N5O2/c24-23(25)32-20-7-14(12-29-22(20)27)18(26)10-19(28-11-13-1-2-13)21-16-8-15(9-17(16)21)30-3-5-31-6-4-30/h7,10,12-13,15-17,21,23H,1-6,8-9,11,26H2,(H2,27,29). The number of nitrogen functional groups attached to an aromatic ring is 1. The van der Waals surface area contributed by atoms with Crippen LogP contribution >= 0.6 is 0 Å². The van der Waals surface area contributed by atoms with E-state index in [-0.39, 0.29) is 11.6 Å². The van der Waals surface area contributed by atoms with Gasteiger partial charge in [0, 0.05) is 54.8 Å². The first-order valence-corrected chi connectivity index (χ1v) is 11.5. The Hall–Kier alpha value is -2.26. The molecule has 1 aromatic rings. The highest BCUT2D eigenvalue weighted by Crippen LogP contribution is 2.59. The van der Waals surface area contributed by atoms with Crippen molar-refractivity contribution in [3.63, 3.8) is 0 Å². The van der Waals surface area contributed by atoms with Crippen LogP contribution in [0, 0.1) is 23.7 Å². The maximum Gasteiger partial charge on any atom is 0.387 e. The molecule has 2 heterocycles. The lowest BCUT2D eigenvalue weighted by Crippen LogP contribution is -2.43. The van der Waals surface area contributed by atoms with Crippen LogP contribution in [0.4, 0.5) is 14.6 Å². The van der Waals surface area contributed by atoms with Crippen molar-refractivity contribution in [1.82, 2.24) is 9.88 Å². The number of morpholine rings is 1. The van der Waals surface area contributed by atoms with Gasteiger partial charge in [0.25, 0.3) is 0 Å². The van der Waals surface area contributed by atoms with E-state index in [9.17, 15) is 8.78 Å². The summed E-state index contributed by atoms with van der Waals surface area (Å²) in [6.07, 6.45) is 8.27. The van der Waals surface area contributed by atoms with E-state index in [1.54, 1.807) is 0 Å². The maximum absolute atomic E-state index is 12.7. The van der Waals surface area contributed by atoms with Gasteiger partial charge in [-0.3, -0.25) is 9.89 Å². The Morgan fingerprint density at radius 2 is 2.00 bits per heavy atom. The highest BCUT2D eigenvalue weighted by molar-refractivity contribution is 6.04. The molecule has 32 heavy (non-hydrogen) atoms. The summed E-state index contributed by atoms with van der Waals surface area (Å²) in [6, 6.07) is 2.06. The molecule has 4 aliphatic rings. The molecule has 4 fully saturated rings. The normalized spacial score (nSPS) is 31.1. The van der Waals surface area contributed by atoms with Crippen molar-refractivity contribution < 1.29 is 18.3 Å². The summed E-state index contributed by atoms with van der Waals surface area (Å²) in [4.78, 5) is 11.5. The Morgan fingerprint density at radius 3 is 2.66 bits per heavy atom. The predicted octanol–water partition coefficient (Wildman–Crippen LogP) is 2.77. The monoisotopic (exact) mass is 447 g/mol. The Bertz CT molecular complexity index is 886. The smallest absolute Gasteiger partial charge is 0.387 e. The summed E-state index contributed by atoms with van der Waals surface area (Å²) in [5, 5.41) is 0. The fourth-order valence-corrected chi connectivity index (χ4v) is 5.32. The third kappa shape index (κ3) is 4.73. The fourth-order valence-electron chi connectivity index (χ4n) is 5.32. The first kappa shape index (κ1) is 21.6. The first-order valence-electron chi connectivity index (χ1n) is 11.5. The van der Waals surface area contributed by atoms with Crippen LogP contribution in [0.2, 0.25) is 0 Å². The zero-order valence-electron chi connectivity index (χ0n) is 18.1. The lowest BCUT2D eigenvalue weighted by molar-refractivity contribution is -0.0495. The molecule has 0 amide bonds. The number of nitrogens with zero attached hydrogens (tertiary/aromatic N) is 3. The van der Waals surface area contributed by atoms with Gasteiger partial charge in [-0.05, 0) is 55.6 Å². The molecule has 2 unspecified atom stereocenters. The van der Waals surface area contributed by atoms with E-state index in [4.69, 9.17) is 21.2 Å². The number of fused-ring (bicyclic) bond motifs is 1. The van der Waals surface area contributed by atoms with Crippen molar-refractivity contribution >= 4 is 17.2 Å². The average molecular weight is 448 g/mol. The second kappa shape index (κ2) is 8.94. The lowest BCUT2D eigenvalue weighted by Gasteiger charge is -2.33. The molecule has 0 aromatic carbocycles. The quantitative estimate of drug-likeness (QED) is 0.595. The number of allylic oxidation sites excluding steroid dienone is 1. The molecule has 0 spiro atoms. The third-order valence-electron chi connectivity index (χ3n) is 7.29. The number of anilines is 1. The Kier molecular flexibility index (Phi) is 6.03. The Balaban J connectivity index is 1.30. The minimum atomic E-state index is -2.97. The van der Waals surface area contributed by atoms with E-state index < -0.39 is 6.61 Å². The van der Waals surface area contributed by atoms with Gasteiger partial charge in [-0.2, -0.15) is 8.78 Å². The molecular formula is C23H31F2N5O2. The molecule has 0 radical (unpaired) electrons. The van der Waals surface area contributed by atoms with Gasteiger partial charge in [0.2, 0.25) is 0 Å². The molecule has 1 aromatic heterocycles. The molecule has 2 atom stereocenters. The van der Waals surface area contributed by atoms with Crippen molar-refractivity contribution in [2.45, 2.75) is 38.3 Å². The third-order valence-corrected chi connectivity index (χ3v) is 7.29. The van der Waals surface area contributed by atoms with Crippen LogP contribution in [0.15, 0.2) is 23.3 Å². The Labute approximate surface area is 186 Å². The molecule has 1 saturated heterocycles. The highest BCUT2D eigenvalue weighted by Gasteiger charge is 2.58. The molecule has 0 bridgehead atoms. The van der Waals surface area contributed by atoms with Gasteiger partial charge in [0.15, 0.2) is 11.6 Å². The minimum Gasteiger partial charge on any atom is -0.431 e. The van der Waals surface area contributed by atoms with Crippen LogP contribution in [-0.2, 0) is 4.74 Å². The zero-order valence-corrected chi connectivity index (χ0v) is 18.1. The van der Waals surface area contributed by atoms with Crippen molar-refractivity contribution in [3.05, 3.63) is 23.9 Å². The van der Waals surface area contributed by atoms with Gasteiger partial charge < -0.3 is 20.9 Å². The van der Waals surface area contributed by atoms with Crippen LogP contribution in [0.5, 0.6) is 5.75 Å². The van der Waals surface area contributed by atoms with Crippen LogP contribution in [-0.4, -0.2) is 61.1 Å². The molecule has 174 valence electrons. The van der Waals surface area contributed by atoms with Crippen molar-refractivity contribution in [1.29, 1.82) is 0 Å². The molecular weight excluding hydrogens is 416 g/mol. The van der Waals surface area contributed by atoms with E-state index in [1.807, 2.05) is 6.08 Å².